The minimum atomic E-state index is -0.0211. The van der Waals surface area contributed by atoms with Crippen molar-refractivity contribution < 1.29 is 9.53 Å². The molecule has 0 amide bonds. The van der Waals surface area contributed by atoms with Gasteiger partial charge >= 0.3 is 5.97 Å². The van der Waals surface area contributed by atoms with Crippen molar-refractivity contribution in [3.63, 3.8) is 0 Å². The number of carbonyl (C=O) groups excluding carboxylic acids is 1. The van der Waals surface area contributed by atoms with Crippen molar-refractivity contribution in [1.29, 1.82) is 0 Å². The average Bonchev–Trinajstić information content (AvgIpc) is 2.07. The van der Waals surface area contributed by atoms with Crippen molar-refractivity contribution in [2.45, 2.75) is 6.92 Å². The first-order valence-corrected chi connectivity index (χ1v) is 5.97. The van der Waals surface area contributed by atoms with Crippen LogP contribution in [0.3, 0.4) is 0 Å². The standard InChI is InChI=1S/C7H12O2S2/c1-2-9-7(8)6-3-10-5-11-4-6/h6H,2-5H2,1H3. The molecule has 0 aromatic carbocycles. The molecule has 1 aliphatic rings. The predicted molar refractivity (Wildman–Crippen MR) is 49.9 cm³/mol. The molecule has 0 radical (unpaired) electrons. The SMILES string of the molecule is CCOC(=O)C1CSCSC1. The first kappa shape index (κ1) is 9.26. The van der Waals surface area contributed by atoms with Crippen LogP contribution >= 0.6 is 23.5 Å². The molecule has 0 bridgehead atoms. The minimum absolute atomic E-state index is 0.0211. The zero-order valence-corrected chi connectivity index (χ0v) is 8.17. The molecule has 1 aliphatic heterocycles. The normalized spacial score (nSPS) is 19.7. The highest BCUT2D eigenvalue weighted by Crippen LogP contribution is 2.26. The number of esters is 1. The summed E-state index contributed by atoms with van der Waals surface area (Å²) in [5.41, 5.74) is 0. The van der Waals surface area contributed by atoms with E-state index in [9.17, 15) is 4.79 Å². The van der Waals surface area contributed by atoms with E-state index in [1.165, 1.54) is 0 Å². The second-order valence-electron chi connectivity index (χ2n) is 2.31. The van der Waals surface area contributed by atoms with Crippen molar-refractivity contribution in [1.82, 2.24) is 0 Å². The van der Waals surface area contributed by atoms with E-state index >= 15 is 0 Å². The quantitative estimate of drug-likeness (QED) is 0.621. The van der Waals surface area contributed by atoms with E-state index in [2.05, 4.69) is 0 Å². The van der Waals surface area contributed by atoms with Gasteiger partial charge in [0.15, 0.2) is 0 Å². The first-order chi connectivity index (χ1) is 5.34. The van der Waals surface area contributed by atoms with Crippen LogP contribution in [0.2, 0.25) is 0 Å². The van der Waals surface area contributed by atoms with Crippen molar-refractivity contribution in [2.24, 2.45) is 5.92 Å². The van der Waals surface area contributed by atoms with Gasteiger partial charge in [-0.1, -0.05) is 0 Å². The van der Waals surface area contributed by atoms with Crippen molar-refractivity contribution >= 4 is 29.5 Å². The van der Waals surface area contributed by atoms with E-state index in [0.717, 1.165) is 16.6 Å². The molecular weight excluding hydrogens is 180 g/mol. The lowest BCUT2D eigenvalue weighted by Gasteiger charge is -2.18. The Kier molecular flexibility index (Phi) is 4.15. The van der Waals surface area contributed by atoms with Crippen molar-refractivity contribution in [3.8, 4) is 0 Å². The average molecular weight is 192 g/mol. The van der Waals surface area contributed by atoms with E-state index in [-0.39, 0.29) is 11.9 Å². The second kappa shape index (κ2) is 4.93. The van der Waals surface area contributed by atoms with Gasteiger partial charge in [0.1, 0.15) is 0 Å². The Balaban J connectivity index is 2.27. The number of ether oxygens (including phenoxy) is 1. The summed E-state index contributed by atoms with van der Waals surface area (Å²) in [4.78, 5) is 11.1. The molecule has 0 saturated carbocycles. The lowest BCUT2D eigenvalue weighted by molar-refractivity contribution is -0.146. The third-order valence-corrected chi connectivity index (χ3v) is 4.03. The fraction of sp³-hybridized carbons (Fsp3) is 0.857. The molecule has 11 heavy (non-hydrogen) atoms. The molecule has 0 N–H and O–H groups in total. The summed E-state index contributed by atoms with van der Waals surface area (Å²) in [7, 11) is 0. The highest BCUT2D eigenvalue weighted by atomic mass is 32.2. The highest BCUT2D eigenvalue weighted by molar-refractivity contribution is 8.16. The zero-order valence-electron chi connectivity index (χ0n) is 6.54. The van der Waals surface area contributed by atoms with Gasteiger partial charge in [0, 0.05) is 16.6 Å². The summed E-state index contributed by atoms with van der Waals surface area (Å²) in [5, 5.41) is 1.12. The third-order valence-electron chi connectivity index (χ3n) is 1.42. The number of thioether (sulfide) groups is 2. The van der Waals surface area contributed by atoms with Gasteiger partial charge in [-0.3, -0.25) is 4.79 Å². The fourth-order valence-electron chi connectivity index (χ4n) is 0.884. The van der Waals surface area contributed by atoms with Gasteiger partial charge in [-0.15, -0.1) is 0 Å². The molecule has 0 unspecified atom stereocenters. The van der Waals surface area contributed by atoms with E-state index in [1.807, 2.05) is 30.4 Å². The maximum absolute atomic E-state index is 11.1. The summed E-state index contributed by atoms with van der Waals surface area (Å²) >= 11 is 3.64. The van der Waals surface area contributed by atoms with Crippen LogP contribution in [0.15, 0.2) is 0 Å². The Hall–Kier alpha value is 0.170. The van der Waals surface area contributed by atoms with Gasteiger partial charge in [-0.05, 0) is 6.92 Å². The van der Waals surface area contributed by atoms with Crippen LogP contribution in [0.4, 0.5) is 0 Å². The topological polar surface area (TPSA) is 26.3 Å². The van der Waals surface area contributed by atoms with Crippen LogP contribution in [-0.2, 0) is 9.53 Å². The Morgan fingerprint density at radius 1 is 1.55 bits per heavy atom. The molecular formula is C7H12O2S2. The van der Waals surface area contributed by atoms with Gasteiger partial charge in [0.05, 0.1) is 12.5 Å². The molecule has 64 valence electrons. The lowest BCUT2D eigenvalue weighted by atomic mass is 10.2. The van der Waals surface area contributed by atoms with Gasteiger partial charge in [0.25, 0.3) is 0 Å². The fourth-order valence-corrected chi connectivity index (χ4v) is 3.35. The second-order valence-corrected chi connectivity index (χ2v) is 4.73. The van der Waals surface area contributed by atoms with Gasteiger partial charge in [-0.2, -0.15) is 23.5 Å². The Morgan fingerprint density at radius 3 is 2.73 bits per heavy atom. The third kappa shape index (κ3) is 2.95. The maximum Gasteiger partial charge on any atom is 0.310 e. The first-order valence-electron chi connectivity index (χ1n) is 3.66. The predicted octanol–water partition coefficient (Wildman–Crippen LogP) is 1.60. The van der Waals surface area contributed by atoms with E-state index in [0.29, 0.717) is 6.61 Å². The monoisotopic (exact) mass is 192 g/mol. The summed E-state index contributed by atoms with van der Waals surface area (Å²) in [6, 6.07) is 0. The summed E-state index contributed by atoms with van der Waals surface area (Å²) < 4.78 is 4.92. The van der Waals surface area contributed by atoms with Crippen LogP contribution in [-0.4, -0.2) is 29.2 Å². The number of hydrogen-bond donors (Lipinski definition) is 0. The van der Waals surface area contributed by atoms with Crippen LogP contribution < -0.4 is 0 Å². The molecule has 0 spiro atoms. The molecule has 1 rings (SSSR count). The molecule has 2 nitrogen and oxygen atoms in total. The maximum atomic E-state index is 11.1. The molecule has 1 saturated heterocycles. The van der Waals surface area contributed by atoms with Crippen molar-refractivity contribution in [2.75, 3.05) is 23.2 Å². The van der Waals surface area contributed by atoms with E-state index in [4.69, 9.17) is 4.74 Å². The molecule has 1 fully saturated rings. The number of hydrogen-bond acceptors (Lipinski definition) is 4. The van der Waals surface area contributed by atoms with Gasteiger partial charge in [-0.25, -0.2) is 0 Å². The lowest BCUT2D eigenvalue weighted by Crippen LogP contribution is -2.24. The van der Waals surface area contributed by atoms with Gasteiger partial charge < -0.3 is 4.74 Å². The molecule has 0 aromatic heterocycles. The van der Waals surface area contributed by atoms with E-state index < -0.39 is 0 Å². The Bertz CT molecular complexity index is 132. The van der Waals surface area contributed by atoms with Crippen LogP contribution in [0.5, 0.6) is 0 Å². The Morgan fingerprint density at radius 2 is 2.18 bits per heavy atom. The Labute approximate surface area is 75.4 Å². The smallest absolute Gasteiger partial charge is 0.310 e. The van der Waals surface area contributed by atoms with Crippen LogP contribution in [0.1, 0.15) is 6.92 Å². The number of rotatable bonds is 2. The zero-order chi connectivity index (χ0) is 8.10. The molecule has 0 aromatic rings. The largest absolute Gasteiger partial charge is 0.466 e. The van der Waals surface area contributed by atoms with Crippen molar-refractivity contribution in [3.05, 3.63) is 0 Å². The van der Waals surface area contributed by atoms with Crippen LogP contribution in [0, 0.1) is 5.92 Å². The van der Waals surface area contributed by atoms with Gasteiger partial charge in [0.2, 0.25) is 0 Å². The number of carbonyl (C=O) groups is 1. The summed E-state index contributed by atoms with van der Waals surface area (Å²) in [6.45, 7) is 2.35. The molecule has 0 aliphatic carbocycles. The van der Waals surface area contributed by atoms with Crippen LogP contribution in [0.25, 0.3) is 0 Å². The summed E-state index contributed by atoms with van der Waals surface area (Å²) in [5.74, 6) is 1.99. The van der Waals surface area contributed by atoms with E-state index in [1.54, 1.807) is 0 Å². The highest BCUT2D eigenvalue weighted by Gasteiger charge is 2.22. The molecule has 4 heteroatoms. The summed E-state index contributed by atoms with van der Waals surface area (Å²) in [6.07, 6.45) is 0. The molecule has 0 atom stereocenters. The minimum Gasteiger partial charge on any atom is -0.466 e. The molecule has 1 heterocycles.